The van der Waals surface area contributed by atoms with Crippen LogP contribution in [0.3, 0.4) is 0 Å². The van der Waals surface area contributed by atoms with Gasteiger partial charge < -0.3 is 19.8 Å². The molecule has 4 heteroatoms. The molecule has 4 nitrogen and oxygen atoms in total. The molecule has 0 aliphatic heterocycles. The second kappa shape index (κ2) is 7.19. The van der Waals surface area contributed by atoms with Crippen LogP contribution in [-0.2, 0) is 13.5 Å². The Balaban J connectivity index is 2.04. The third kappa shape index (κ3) is 3.10. The fourth-order valence-electron chi connectivity index (χ4n) is 3.65. The lowest BCUT2D eigenvalue weighted by Crippen LogP contribution is -2.16. The first-order valence-corrected chi connectivity index (χ1v) is 8.55. The highest BCUT2D eigenvalue weighted by Crippen LogP contribution is 2.35. The molecule has 0 radical (unpaired) electrons. The summed E-state index contributed by atoms with van der Waals surface area (Å²) in [7, 11) is 5.47. The van der Waals surface area contributed by atoms with Crippen LogP contribution in [-0.4, -0.2) is 25.3 Å². The Labute approximate surface area is 149 Å². The first-order valence-electron chi connectivity index (χ1n) is 8.55. The van der Waals surface area contributed by atoms with E-state index in [1.54, 1.807) is 14.2 Å². The lowest BCUT2D eigenvalue weighted by Gasteiger charge is -2.18. The van der Waals surface area contributed by atoms with Gasteiger partial charge in [0.2, 0.25) is 0 Å². The molecule has 0 saturated carbocycles. The van der Waals surface area contributed by atoms with Crippen molar-refractivity contribution in [1.29, 1.82) is 0 Å². The summed E-state index contributed by atoms with van der Waals surface area (Å²) in [5, 5.41) is 1.28. The smallest absolute Gasteiger partial charge is 0.125 e. The zero-order valence-electron chi connectivity index (χ0n) is 15.4. The van der Waals surface area contributed by atoms with Gasteiger partial charge in [0.25, 0.3) is 0 Å². The predicted molar refractivity (Wildman–Crippen MR) is 103 cm³/mol. The fraction of sp³-hybridized carbons (Fsp3) is 0.333. The van der Waals surface area contributed by atoms with E-state index in [1.165, 1.54) is 22.2 Å². The molecule has 1 unspecified atom stereocenters. The standard InChI is InChI=1S/C21H26N2O2/c1-14-21(18-7-5-6-8-19(18)23(14)2)16(13-22)11-15-9-10-17(24-3)12-20(15)25-4/h5-10,12,16H,11,13,22H2,1-4H3. The quantitative estimate of drug-likeness (QED) is 0.744. The monoisotopic (exact) mass is 338 g/mol. The van der Waals surface area contributed by atoms with Crippen molar-refractivity contribution in [3.8, 4) is 11.5 Å². The summed E-state index contributed by atoms with van der Waals surface area (Å²) in [5.41, 5.74) is 11.2. The summed E-state index contributed by atoms with van der Waals surface area (Å²) < 4.78 is 13.1. The summed E-state index contributed by atoms with van der Waals surface area (Å²) in [5.74, 6) is 1.87. The van der Waals surface area contributed by atoms with Crippen molar-refractivity contribution in [2.24, 2.45) is 12.8 Å². The number of hydrogen-bond acceptors (Lipinski definition) is 3. The Morgan fingerprint density at radius 1 is 1.08 bits per heavy atom. The number of hydrogen-bond donors (Lipinski definition) is 1. The van der Waals surface area contributed by atoms with Gasteiger partial charge >= 0.3 is 0 Å². The van der Waals surface area contributed by atoms with Crippen LogP contribution in [0.2, 0.25) is 0 Å². The van der Waals surface area contributed by atoms with E-state index < -0.39 is 0 Å². The third-order valence-electron chi connectivity index (χ3n) is 5.10. The first kappa shape index (κ1) is 17.4. The summed E-state index contributed by atoms with van der Waals surface area (Å²) in [6.07, 6.45) is 0.832. The molecular formula is C21H26N2O2. The van der Waals surface area contributed by atoms with Crippen LogP contribution in [0.4, 0.5) is 0 Å². The van der Waals surface area contributed by atoms with Gasteiger partial charge in [-0.05, 0) is 43.1 Å². The number of nitrogens with zero attached hydrogens (tertiary/aromatic N) is 1. The van der Waals surface area contributed by atoms with Crippen LogP contribution < -0.4 is 15.2 Å². The molecule has 2 N–H and O–H groups in total. The van der Waals surface area contributed by atoms with Gasteiger partial charge in [-0.2, -0.15) is 0 Å². The minimum absolute atomic E-state index is 0.230. The lowest BCUT2D eigenvalue weighted by molar-refractivity contribution is 0.390. The largest absolute Gasteiger partial charge is 0.497 e. The molecule has 0 spiro atoms. The molecule has 1 aromatic heterocycles. The molecule has 25 heavy (non-hydrogen) atoms. The minimum Gasteiger partial charge on any atom is -0.497 e. The SMILES string of the molecule is COc1ccc(CC(CN)c2c(C)n(C)c3ccccc23)c(OC)c1. The molecule has 0 saturated heterocycles. The summed E-state index contributed by atoms with van der Waals surface area (Å²) in [6.45, 7) is 2.76. The Morgan fingerprint density at radius 3 is 2.52 bits per heavy atom. The van der Waals surface area contributed by atoms with Crippen molar-refractivity contribution in [2.75, 3.05) is 20.8 Å². The van der Waals surface area contributed by atoms with Gasteiger partial charge in [0.05, 0.1) is 14.2 Å². The average Bonchev–Trinajstić information content (AvgIpc) is 2.91. The van der Waals surface area contributed by atoms with E-state index in [4.69, 9.17) is 15.2 Å². The fourth-order valence-corrected chi connectivity index (χ4v) is 3.65. The normalized spacial score (nSPS) is 12.4. The zero-order chi connectivity index (χ0) is 18.0. The van der Waals surface area contributed by atoms with Gasteiger partial charge in [-0.15, -0.1) is 0 Å². The number of methoxy groups -OCH3 is 2. The van der Waals surface area contributed by atoms with Crippen LogP contribution in [0.25, 0.3) is 10.9 Å². The van der Waals surface area contributed by atoms with Crippen molar-refractivity contribution in [1.82, 2.24) is 4.57 Å². The molecule has 3 aromatic rings. The number of benzene rings is 2. The minimum atomic E-state index is 0.230. The van der Waals surface area contributed by atoms with Crippen LogP contribution in [0.15, 0.2) is 42.5 Å². The summed E-state index contributed by atoms with van der Waals surface area (Å²) in [4.78, 5) is 0. The number of ether oxygens (including phenoxy) is 2. The molecular weight excluding hydrogens is 312 g/mol. The van der Waals surface area contributed by atoms with Crippen LogP contribution in [0.1, 0.15) is 22.7 Å². The maximum atomic E-state index is 6.19. The Bertz CT molecular complexity index is 883. The Morgan fingerprint density at radius 2 is 1.84 bits per heavy atom. The number of nitrogens with two attached hydrogens (primary N) is 1. The molecule has 132 valence electrons. The topological polar surface area (TPSA) is 49.4 Å². The second-order valence-corrected chi connectivity index (χ2v) is 6.39. The van der Waals surface area contributed by atoms with Crippen molar-refractivity contribution >= 4 is 10.9 Å². The maximum absolute atomic E-state index is 6.19. The predicted octanol–water partition coefficient (Wildman–Crippen LogP) is 3.79. The maximum Gasteiger partial charge on any atom is 0.125 e. The second-order valence-electron chi connectivity index (χ2n) is 6.39. The van der Waals surface area contributed by atoms with E-state index in [1.807, 2.05) is 12.1 Å². The summed E-state index contributed by atoms with van der Waals surface area (Å²) in [6, 6.07) is 14.5. The van der Waals surface area contributed by atoms with Gasteiger partial charge in [-0.25, -0.2) is 0 Å². The highest BCUT2D eigenvalue weighted by atomic mass is 16.5. The van der Waals surface area contributed by atoms with Crippen LogP contribution in [0.5, 0.6) is 11.5 Å². The van der Waals surface area contributed by atoms with Crippen LogP contribution in [0, 0.1) is 6.92 Å². The molecule has 0 aliphatic carbocycles. The van der Waals surface area contributed by atoms with E-state index in [0.717, 1.165) is 23.5 Å². The van der Waals surface area contributed by atoms with Crippen molar-refractivity contribution in [2.45, 2.75) is 19.3 Å². The van der Waals surface area contributed by atoms with E-state index in [9.17, 15) is 0 Å². The van der Waals surface area contributed by atoms with E-state index in [2.05, 4.69) is 48.9 Å². The average molecular weight is 338 g/mol. The highest BCUT2D eigenvalue weighted by Gasteiger charge is 2.21. The van der Waals surface area contributed by atoms with Crippen molar-refractivity contribution in [3.63, 3.8) is 0 Å². The first-order chi connectivity index (χ1) is 12.1. The van der Waals surface area contributed by atoms with Gasteiger partial charge in [-0.3, -0.25) is 0 Å². The molecule has 0 fully saturated rings. The molecule has 0 bridgehead atoms. The van der Waals surface area contributed by atoms with Gasteiger partial charge in [0.1, 0.15) is 11.5 Å². The highest BCUT2D eigenvalue weighted by molar-refractivity contribution is 5.86. The Hall–Kier alpha value is -2.46. The zero-order valence-corrected chi connectivity index (χ0v) is 15.4. The Kier molecular flexibility index (Phi) is 5.00. The molecule has 1 heterocycles. The van der Waals surface area contributed by atoms with E-state index in [-0.39, 0.29) is 5.92 Å². The van der Waals surface area contributed by atoms with Crippen molar-refractivity contribution < 1.29 is 9.47 Å². The third-order valence-corrected chi connectivity index (χ3v) is 5.10. The number of rotatable bonds is 6. The molecule has 2 aromatic carbocycles. The van der Waals surface area contributed by atoms with Gasteiger partial charge in [0, 0.05) is 35.6 Å². The summed E-state index contributed by atoms with van der Waals surface area (Å²) >= 11 is 0. The molecule has 3 rings (SSSR count). The molecule has 0 aliphatic rings. The van der Waals surface area contributed by atoms with Crippen LogP contribution >= 0.6 is 0 Å². The lowest BCUT2D eigenvalue weighted by atomic mass is 9.89. The number of para-hydroxylation sites is 1. The van der Waals surface area contributed by atoms with Gasteiger partial charge in [0.15, 0.2) is 0 Å². The van der Waals surface area contributed by atoms with E-state index in [0.29, 0.717) is 6.54 Å². The molecule has 0 amide bonds. The molecule has 1 atom stereocenters. The van der Waals surface area contributed by atoms with E-state index >= 15 is 0 Å². The van der Waals surface area contributed by atoms with Gasteiger partial charge in [-0.1, -0.05) is 24.3 Å². The number of aryl methyl sites for hydroxylation is 1. The number of fused-ring (bicyclic) bond motifs is 1. The number of aromatic nitrogens is 1. The van der Waals surface area contributed by atoms with Crippen molar-refractivity contribution in [3.05, 3.63) is 59.3 Å².